The van der Waals surface area contributed by atoms with Crippen molar-refractivity contribution < 1.29 is 9.72 Å². The number of carbonyl (C=O) groups is 1. The van der Waals surface area contributed by atoms with Crippen molar-refractivity contribution in [3.63, 3.8) is 0 Å². The van der Waals surface area contributed by atoms with E-state index in [0.29, 0.717) is 17.4 Å². The van der Waals surface area contributed by atoms with Crippen LogP contribution in [-0.4, -0.2) is 10.8 Å². The first kappa shape index (κ1) is 12.8. The molecule has 1 aromatic carbocycles. The Morgan fingerprint density at radius 1 is 1.30 bits per heavy atom. The molecule has 2 aliphatic carbocycles. The number of benzene rings is 1. The molecule has 1 aromatic rings. The van der Waals surface area contributed by atoms with E-state index in [9.17, 15) is 14.9 Å². The third-order valence-electron chi connectivity index (χ3n) is 4.26. The van der Waals surface area contributed by atoms with Crippen molar-refractivity contribution >= 4 is 11.6 Å². The highest BCUT2D eigenvalue weighted by molar-refractivity contribution is 5.80. The summed E-state index contributed by atoms with van der Waals surface area (Å²) in [6.45, 7) is 0.216. The van der Waals surface area contributed by atoms with Gasteiger partial charge in [-0.15, -0.1) is 0 Å². The van der Waals surface area contributed by atoms with E-state index < -0.39 is 4.92 Å². The van der Waals surface area contributed by atoms with E-state index in [1.807, 2.05) is 0 Å². The maximum atomic E-state index is 12.2. The van der Waals surface area contributed by atoms with Gasteiger partial charge in [-0.1, -0.05) is 30.4 Å². The summed E-state index contributed by atoms with van der Waals surface area (Å²) in [5, 5.41) is 13.8. The number of hydrogen-bond acceptors (Lipinski definition) is 3. The SMILES string of the molecule is O=C(NCc1ccccc1[N+](=O)[O-])C1CC2C=CC1C2. The van der Waals surface area contributed by atoms with Crippen molar-refractivity contribution in [3.8, 4) is 0 Å². The van der Waals surface area contributed by atoms with Crippen LogP contribution in [0.4, 0.5) is 5.69 Å². The zero-order valence-electron chi connectivity index (χ0n) is 11.0. The van der Waals surface area contributed by atoms with Gasteiger partial charge in [0.15, 0.2) is 0 Å². The third kappa shape index (κ3) is 2.31. The number of amides is 1. The van der Waals surface area contributed by atoms with Crippen LogP contribution in [0.1, 0.15) is 18.4 Å². The standard InChI is InChI=1S/C15H16N2O3/c18-15(13-8-10-5-6-11(13)7-10)16-9-12-3-1-2-4-14(12)17(19)20/h1-6,10-11,13H,7-9H2,(H,16,18). The van der Waals surface area contributed by atoms with E-state index in [1.165, 1.54) is 6.07 Å². The molecule has 1 N–H and O–H groups in total. The second-order valence-electron chi connectivity index (χ2n) is 5.49. The average Bonchev–Trinajstić information content (AvgIpc) is 3.07. The number of allylic oxidation sites excluding steroid dienone is 2. The highest BCUT2D eigenvalue weighted by atomic mass is 16.6. The van der Waals surface area contributed by atoms with E-state index in [-0.39, 0.29) is 24.1 Å². The number of hydrogen-bond donors (Lipinski definition) is 1. The minimum Gasteiger partial charge on any atom is -0.352 e. The average molecular weight is 272 g/mol. The number of nitrogens with one attached hydrogen (secondary N) is 1. The van der Waals surface area contributed by atoms with E-state index in [0.717, 1.165) is 12.8 Å². The lowest BCUT2D eigenvalue weighted by Gasteiger charge is -2.17. The predicted octanol–water partition coefficient (Wildman–Crippen LogP) is 2.42. The monoisotopic (exact) mass is 272 g/mol. The first-order chi connectivity index (χ1) is 9.65. The van der Waals surface area contributed by atoms with Crippen LogP contribution in [-0.2, 0) is 11.3 Å². The molecule has 1 amide bonds. The molecule has 3 rings (SSSR count). The second-order valence-corrected chi connectivity index (χ2v) is 5.49. The number of fused-ring (bicyclic) bond motifs is 2. The molecule has 3 unspecified atom stereocenters. The number of rotatable bonds is 4. The van der Waals surface area contributed by atoms with Crippen molar-refractivity contribution in [2.24, 2.45) is 17.8 Å². The minimum absolute atomic E-state index is 0.0139. The Morgan fingerprint density at radius 2 is 2.10 bits per heavy atom. The van der Waals surface area contributed by atoms with Crippen LogP contribution in [0.5, 0.6) is 0 Å². The fraction of sp³-hybridized carbons (Fsp3) is 0.400. The Labute approximate surface area is 116 Å². The second kappa shape index (κ2) is 5.07. The predicted molar refractivity (Wildman–Crippen MR) is 73.8 cm³/mol. The van der Waals surface area contributed by atoms with Gasteiger partial charge in [0.2, 0.25) is 5.91 Å². The lowest BCUT2D eigenvalue weighted by atomic mass is 9.93. The summed E-state index contributed by atoms with van der Waals surface area (Å²) < 4.78 is 0. The van der Waals surface area contributed by atoms with Gasteiger partial charge in [-0.25, -0.2) is 0 Å². The molecule has 20 heavy (non-hydrogen) atoms. The van der Waals surface area contributed by atoms with Gasteiger partial charge in [-0.2, -0.15) is 0 Å². The van der Waals surface area contributed by atoms with Crippen molar-refractivity contribution in [1.29, 1.82) is 0 Å². The van der Waals surface area contributed by atoms with Crippen molar-refractivity contribution in [2.45, 2.75) is 19.4 Å². The van der Waals surface area contributed by atoms with E-state index in [1.54, 1.807) is 18.2 Å². The molecule has 3 atom stereocenters. The van der Waals surface area contributed by atoms with Crippen molar-refractivity contribution in [3.05, 3.63) is 52.1 Å². The first-order valence-electron chi connectivity index (χ1n) is 6.83. The van der Waals surface area contributed by atoms with E-state index in [4.69, 9.17) is 0 Å². The Morgan fingerprint density at radius 3 is 2.75 bits per heavy atom. The summed E-state index contributed by atoms with van der Waals surface area (Å²) in [6, 6.07) is 6.51. The molecule has 2 aliphatic rings. The van der Waals surface area contributed by atoms with Crippen LogP contribution in [0.25, 0.3) is 0 Å². The zero-order chi connectivity index (χ0) is 14.1. The molecule has 0 heterocycles. The molecular formula is C15H16N2O3. The van der Waals surface area contributed by atoms with Crippen LogP contribution in [0.2, 0.25) is 0 Å². The molecule has 0 radical (unpaired) electrons. The van der Waals surface area contributed by atoms with E-state index in [2.05, 4.69) is 17.5 Å². The molecule has 0 aliphatic heterocycles. The lowest BCUT2D eigenvalue weighted by Crippen LogP contribution is -2.32. The van der Waals surface area contributed by atoms with Gasteiger partial charge in [0.1, 0.15) is 0 Å². The highest BCUT2D eigenvalue weighted by Gasteiger charge is 2.39. The molecule has 0 saturated heterocycles. The summed E-state index contributed by atoms with van der Waals surface area (Å²) in [7, 11) is 0. The zero-order valence-corrected chi connectivity index (χ0v) is 11.0. The highest BCUT2D eigenvalue weighted by Crippen LogP contribution is 2.43. The number of nitrogens with zero attached hydrogens (tertiary/aromatic N) is 1. The summed E-state index contributed by atoms with van der Waals surface area (Å²) in [6.07, 6.45) is 6.30. The molecule has 104 valence electrons. The normalized spacial score (nSPS) is 26.7. The maximum Gasteiger partial charge on any atom is 0.274 e. The summed E-state index contributed by atoms with van der Waals surface area (Å²) in [5.74, 6) is 0.945. The Balaban J connectivity index is 1.64. The Kier molecular flexibility index (Phi) is 3.26. The number of carbonyl (C=O) groups excluding carboxylic acids is 1. The smallest absolute Gasteiger partial charge is 0.274 e. The third-order valence-corrected chi connectivity index (χ3v) is 4.26. The van der Waals surface area contributed by atoms with Gasteiger partial charge in [0, 0.05) is 24.1 Å². The Hall–Kier alpha value is -2.17. The maximum absolute atomic E-state index is 12.2. The lowest BCUT2D eigenvalue weighted by molar-refractivity contribution is -0.385. The fourth-order valence-corrected chi connectivity index (χ4v) is 3.23. The molecule has 1 fully saturated rings. The fourth-order valence-electron chi connectivity index (χ4n) is 3.23. The van der Waals surface area contributed by atoms with Gasteiger partial charge < -0.3 is 5.32 Å². The van der Waals surface area contributed by atoms with Crippen LogP contribution in [0.3, 0.4) is 0 Å². The summed E-state index contributed by atoms with van der Waals surface area (Å²) in [4.78, 5) is 22.7. The van der Waals surface area contributed by atoms with Crippen molar-refractivity contribution in [1.82, 2.24) is 5.32 Å². The van der Waals surface area contributed by atoms with Crippen LogP contribution >= 0.6 is 0 Å². The summed E-state index contributed by atoms with van der Waals surface area (Å²) >= 11 is 0. The van der Waals surface area contributed by atoms with Crippen molar-refractivity contribution in [2.75, 3.05) is 0 Å². The molecule has 0 spiro atoms. The molecule has 0 aromatic heterocycles. The number of para-hydroxylation sites is 1. The Bertz CT molecular complexity index is 582. The minimum atomic E-state index is -0.415. The molecule has 5 heteroatoms. The quantitative estimate of drug-likeness (QED) is 0.519. The first-order valence-corrected chi connectivity index (χ1v) is 6.83. The van der Waals surface area contributed by atoms with Crippen LogP contribution in [0.15, 0.2) is 36.4 Å². The van der Waals surface area contributed by atoms with Gasteiger partial charge in [0.25, 0.3) is 5.69 Å². The van der Waals surface area contributed by atoms with Gasteiger partial charge in [-0.3, -0.25) is 14.9 Å². The van der Waals surface area contributed by atoms with Gasteiger partial charge in [-0.05, 0) is 24.7 Å². The van der Waals surface area contributed by atoms with Gasteiger partial charge in [0.05, 0.1) is 4.92 Å². The number of nitro benzene ring substituents is 1. The topological polar surface area (TPSA) is 72.2 Å². The summed E-state index contributed by atoms with van der Waals surface area (Å²) in [5.41, 5.74) is 0.602. The van der Waals surface area contributed by atoms with E-state index >= 15 is 0 Å². The molecule has 5 nitrogen and oxygen atoms in total. The molecule has 1 saturated carbocycles. The number of nitro groups is 1. The largest absolute Gasteiger partial charge is 0.352 e. The van der Waals surface area contributed by atoms with Crippen LogP contribution in [0, 0.1) is 27.9 Å². The molecular weight excluding hydrogens is 256 g/mol. The van der Waals surface area contributed by atoms with Gasteiger partial charge >= 0.3 is 0 Å². The molecule has 2 bridgehead atoms. The van der Waals surface area contributed by atoms with Crippen LogP contribution < -0.4 is 5.32 Å².